The van der Waals surface area contributed by atoms with Gasteiger partial charge in [0.15, 0.2) is 0 Å². The maximum atomic E-state index is 13.8. The topological polar surface area (TPSA) is 29.5 Å². The van der Waals surface area contributed by atoms with Gasteiger partial charge < -0.3 is 9.84 Å². The molecule has 1 N–H and O–H groups in total. The van der Waals surface area contributed by atoms with E-state index in [1.807, 2.05) is 0 Å². The van der Waals surface area contributed by atoms with Gasteiger partial charge in [0, 0.05) is 0 Å². The summed E-state index contributed by atoms with van der Waals surface area (Å²) >= 11 is 0. The molecule has 100 valence electrons. The molecule has 0 spiro atoms. The number of aliphatic hydroxyl groups is 1. The molecule has 0 bridgehead atoms. The van der Waals surface area contributed by atoms with Crippen LogP contribution in [-0.4, -0.2) is 12.2 Å². The van der Waals surface area contributed by atoms with Crippen molar-refractivity contribution in [2.75, 3.05) is 7.11 Å². The van der Waals surface area contributed by atoms with Crippen LogP contribution in [0.4, 0.5) is 8.78 Å². The molecule has 2 rings (SSSR count). The van der Waals surface area contributed by atoms with Crippen molar-refractivity contribution in [2.24, 2.45) is 0 Å². The molecule has 0 radical (unpaired) electrons. The molecule has 19 heavy (non-hydrogen) atoms. The maximum absolute atomic E-state index is 13.8. The fourth-order valence-corrected chi connectivity index (χ4v) is 2.03. The zero-order valence-corrected chi connectivity index (χ0v) is 10.7. The number of ether oxygens (including phenoxy) is 1. The predicted octanol–water partition coefficient (Wildman–Crippen LogP) is 3.23. The van der Waals surface area contributed by atoms with Crippen LogP contribution in [0.2, 0.25) is 0 Å². The van der Waals surface area contributed by atoms with Gasteiger partial charge in [-0.15, -0.1) is 0 Å². The monoisotopic (exact) mass is 264 g/mol. The zero-order chi connectivity index (χ0) is 14.0. The first kappa shape index (κ1) is 13.5. The second-order valence-electron chi connectivity index (χ2n) is 4.40. The van der Waals surface area contributed by atoms with Crippen molar-refractivity contribution in [3.8, 4) is 5.75 Å². The fourth-order valence-electron chi connectivity index (χ4n) is 2.03. The lowest BCUT2D eigenvalue weighted by Crippen LogP contribution is -2.26. The first-order chi connectivity index (χ1) is 8.96. The van der Waals surface area contributed by atoms with Gasteiger partial charge >= 0.3 is 0 Å². The van der Waals surface area contributed by atoms with Crippen LogP contribution in [-0.2, 0) is 5.60 Å². The van der Waals surface area contributed by atoms with Crippen LogP contribution in [0.1, 0.15) is 18.1 Å². The van der Waals surface area contributed by atoms with Gasteiger partial charge in [0.05, 0.1) is 12.7 Å². The van der Waals surface area contributed by atoms with Crippen LogP contribution in [0, 0.1) is 11.6 Å². The molecule has 4 heteroatoms. The lowest BCUT2D eigenvalue weighted by Gasteiger charge is -2.25. The van der Waals surface area contributed by atoms with E-state index in [1.54, 1.807) is 24.3 Å². The Morgan fingerprint density at radius 2 is 1.63 bits per heavy atom. The first-order valence-corrected chi connectivity index (χ1v) is 5.78. The standard InChI is InChI=1S/C15H14F2O2/c1-15(18,10-5-3-6-11(9-10)19-2)14-12(16)7-4-8-13(14)17/h3-9,18H,1-2H3. The third-order valence-electron chi connectivity index (χ3n) is 3.08. The normalized spacial score (nSPS) is 13.9. The Bertz CT molecular complexity index is 574. The van der Waals surface area contributed by atoms with E-state index in [0.717, 1.165) is 12.1 Å². The highest BCUT2D eigenvalue weighted by atomic mass is 19.1. The number of rotatable bonds is 3. The van der Waals surface area contributed by atoms with E-state index in [0.29, 0.717) is 11.3 Å². The molecule has 0 heterocycles. The van der Waals surface area contributed by atoms with Crippen molar-refractivity contribution in [1.29, 1.82) is 0 Å². The molecule has 2 aromatic carbocycles. The molecule has 0 aromatic heterocycles. The summed E-state index contributed by atoms with van der Waals surface area (Å²) in [4.78, 5) is 0. The predicted molar refractivity (Wildman–Crippen MR) is 68.0 cm³/mol. The quantitative estimate of drug-likeness (QED) is 0.922. The van der Waals surface area contributed by atoms with E-state index in [9.17, 15) is 13.9 Å². The Kier molecular flexibility index (Phi) is 3.53. The average molecular weight is 264 g/mol. The van der Waals surface area contributed by atoms with E-state index in [-0.39, 0.29) is 5.56 Å². The van der Waals surface area contributed by atoms with Crippen molar-refractivity contribution < 1.29 is 18.6 Å². The van der Waals surface area contributed by atoms with Crippen molar-refractivity contribution in [2.45, 2.75) is 12.5 Å². The largest absolute Gasteiger partial charge is 0.497 e. The third kappa shape index (κ3) is 2.44. The van der Waals surface area contributed by atoms with Crippen molar-refractivity contribution >= 4 is 0 Å². The minimum Gasteiger partial charge on any atom is -0.497 e. The molecule has 2 aromatic rings. The molecule has 0 aliphatic rings. The summed E-state index contributed by atoms with van der Waals surface area (Å²) < 4.78 is 32.6. The van der Waals surface area contributed by atoms with E-state index in [2.05, 4.69) is 0 Å². The summed E-state index contributed by atoms with van der Waals surface area (Å²) in [6.07, 6.45) is 0. The van der Waals surface area contributed by atoms with Gasteiger partial charge in [-0.25, -0.2) is 8.78 Å². The Labute approximate surface area is 110 Å². The summed E-state index contributed by atoms with van der Waals surface area (Å²) in [5, 5.41) is 10.5. The van der Waals surface area contributed by atoms with Crippen LogP contribution >= 0.6 is 0 Å². The molecule has 0 fully saturated rings. The minimum absolute atomic E-state index is 0.357. The summed E-state index contributed by atoms with van der Waals surface area (Å²) in [6, 6.07) is 9.98. The highest BCUT2D eigenvalue weighted by Gasteiger charge is 2.32. The van der Waals surface area contributed by atoms with Gasteiger partial charge in [0.1, 0.15) is 23.0 Å². The average Bonchev–Trinajstić information content (AvgIpc) is 2.38. The SMILES string of the molecule is COc1cccc(C(C)(O)c2c(F)cccc2F)c1. The Hall–Kier alpha value is -1.94. The number of methoxy groups -OCH3 is 1. The lowest BCUT2D eigenvalue weighted by atomic mass is 9.87. The van der Waals surface area contributed by atoms with Crippen LogP contribution in [0.3, 0.4) is 0 Å². The minimum atomic E-state index is -1.77. The van der Waals surface area contributed by atoms with E-state index >= 15 is 0 Å². The molecule has 1 unspecified atom stereocenters. The van der Waals surface area contributed by atoms with Crippen LogP contribution in [0.5, 0.6) is 5.75 Å². The van der Waals surface area contributed by atoms with Crippen LogP contribution < -0.4 is 4.74 Å². The molecule has 0 saturated heterocycles. The first-order valence-electron chi connectivity index (χ1n) is 5.78. The van der Waals surface area contributed by atoms with Gasteiger partial charge in [-0.2, -0.15) is 0 Å². The number of halogens is 2. The molecule has 1 atom stereocenters. The van der Waals surface area contributed by atoms with E-state index < -0.39 is 17.2 Å². The number of hydrogen-bond donors (Lipinski definition) is 1. The lowest BCUT2D eigenvalue weighted by molar-refractivity contribution is 0.0931. The third-order valence-corrected chi connectivity index (χ3v) is 3.08. The summed E-state index contributed by atoms with van der Waals surface area (Å²) in [5.41, 5.74) is -1.79. The van der Waals surface area contributed by atoms with Crippen LogP contribution in [0.25, 0.3) is 0 Å². The summed E-state index contributed by atoms with van der Waals surface area (Å²) in [6.45, 7) is 1.35. The van der Waals surface area contributed by atoms with Gasteiger partial charge in [0.2, 0.25) is 0 Å². The van der Waals surface area contributed by atoms with Crippen molar-refractivity contribution in [3.05, 3.63) is 65.2 Å². The molecule has 0 aliphatic heterocycles. The highest BCUT2D eigenvalue weighted by molar-refractivity contribution is 5.40. The van der Waals surface area contributed by atoms with Crippen molar-refractivity contribution in [1.82, 2.24) is 0 Å². The Morgan fingerprint density at radius 1 is 1.05 bits per heavy atom. The van der Waals surface area contributed by atoms with Gasteiger partial charge in [-0.05, 0) is 36.8 Å². The maximum Gasteiger partial charge on any atom is 0.132 e. The van der Waals surface area contributed by atoms with Crippen molar-refractivity contribution in [3.63, 3.8) is 0 Å². The second kappa shape index (κ2) is 4.97. The van der Waals surface area contributed by atoms with Gasteiger partial charge in [-0.3, -0.25) is 0 Å². The molecule has 0 aliphatic carbocycles. The zero-order valence-electron chi connectivity index (χ0n) is 10.7. The summed E-state index contributed by atoms with van der Waals surface area (Å²) in [5.74, 6) is -1.06. The van der Waals surface area contributed by atoms with Crippen LogP contribution in [0.15, 0.2) is 42.5 Å². The second-order valence-corrected chi connectivity index (χ2v) is 4.40. The Balaban J connectivity index is 2.58. The Morgan fingerprint density at radius 3 is 2.21 bits per heavy atom. The summed E-state index contributed by atoms with van der Waals surface area (Å²) in [7, 11) is 1.48. The molecular formula is C15H14F2O2. The van der Waals surface area contributed by atoms with E-state index in [4.69, 9.17) is 4.74 Å². The van der Waals surface area contributed by atoms with E-state index in [1.165, 1.54) is 20.1 Å². The molecule has 0 amide bonds. The molecular weight excluding hydrogens is 250 g/mol. The highest BCUT2D eigenvalue weighted by Crippen LogP contribution is 2.34. The van der Waals surface area contributed by atoms with Gasteiger partial charge in [0.25, 0.3) is 0 Å². The molecule has 0 saturated carbocycles. The molecule has 2 nitrogen and oxygen atoms in total. The van der Waals surface area contributed by atoms with Gasteiger partial charge in [-0.1, -0.05) is 18.2 Å². The fraction of sp³-hybridized carbons (Fsp3) is 0.200. The smallest absolute Gasteiger partial charge is 0.132 e. The number of benzene rings is 2. The number of hydrogen-bond acceptors (Lipinski definition) is 2.